The van der Waals surface area contributed by atoms with Crippen molar-refractivity contribution in [2.45, 2.75) is 38.8 Å². The van der Waals surface area contributed by atoms with Crippen LogP contribution in [0.2, 0.25) is 0 Å². The van der Waals surface area contributed by atoms with Gasteiger partial charge in [0.1, 0.15) is 5.82 Å². The van der Waals surface area contributed by atoms with E-state index in [1.54, 1.807) is 12.1 Å². The van der Waals surface area contributed by atoms with E-state index < -0.39 is 0 Å². The molecule has 7 heteroatoms. The van der Waals surface area contributed by atoms with Gasteiger partial charge in [-0.1, -0.05) is 12.1 Å². The van der Waals surface area contributed by atoms with Crippen LogP contribution in [0.4, 0.5) is 4.39 Å². The Labute approximate surface area is 173 Å². The Bertz CT molecular complexity index is 550. The van der Waals surface area contributed by atoms with Crippen LogP contribution >= 0.6 is 24.0 Å². The third-order valence-electron chi connectivity index (χ3n) is 4.46. The molecule has 0 atom stereocenters. The van der Waals surface area contributed by atoms with Crippen LogP contribution in [0.1, 0.15) is 31.7 Å². The molecule has 0 saturated carbocycles. The Morgan fingerprint density at radius 1 is 1.38 bits per heavy atom. The maximum atomic E-state index is 13.3. The first kappa shape index (κ1) is 23.1. The second-order valence-electron chi connectivity index (χ2n) is 6.65. The molecule has 0 spiro atoms. The van der Waals surface area contributed by atoms with E-state index in [2.05, 4.69) is 10.2 Å². The third kappa shape index (κ3) is 8.18. The highest BCUT2D eigenvalue weighted by molar-refractivity contribution is 14.0. The minimum atomic E-state index is -0.209. The van der Waals surface area contributed by atoms with Gasteiger partial charge in [0.25, 0.3) is 0 Å². The highest BCUT2D eigenvalue weighted by Crippen LogP contribution is 2.10. The van der Waals surface area contributed by atoms with E-state index in [-0.39, 0.29) is 35.9 Å². The monoisotopic (exact) mass is 478 g/mol. The first-order chi connectivity index (χ1) is 12.1. The molecule has 1 aromatic rings. The van der Waals surface area contributed by atoms with Gasteiger partial charge in [-0.15, -0.1) is 24.0 Å². The summed E-state index contributed by atoms with van der Waals surface area (Å²) in [7, 11) is 1.97. The van der Waals surface area contributed by atoms with Crippen LogP contribution in [-0.2, 0) is 6.54 Å². The molecule has 2 N–H and O–H groups in total. The molecule has 148 valence electrons. The van der Waals surface area contributed by atoms with E-state index in [1.807, 2.05) is 24.9 Å². The maximum Gasteiger partial charge on any atom is 0.193 e. The molecule has 1 saturated heterocycles. The number of nitrogens with one attached hydrogen (secondary N) is 1. The summed E-state index contributed by atoms with van der Waals surface area (Å²) < 4.78 is 13.3. The first-order valence-corrected chi connectivity index (χ1v) is 9.22. The Morgan fingerprint density at radius 2 is 2.12 bits per heavy atom. The number of benzene rings is 1. The van der Waals surface area contributed by atoms with Gasteiger partial charge in [-0.25, -0.2) is 4.39 Å². The van der Waals surface area contributed by atoms with Crippen molar-refractivity contribution in [1.82, 2.24) is 15.1 Å². The van der Waals surface area contributed by atoms with Crippen molar-refractivity contribution in [1.29, 1.82) is 0 Å². The van der Waals surface area contributed by atoms with Crippen molar-refractivity contribution in [3.63, 3.8) is 0 Å². The number of likely N-dealkylation sites (tertiary alicyclic amines) is 1. The zero-order chi connectivity index (χ0) is 18.1. The number of rotatable bonds is 7. The molecule has 1 aromatic carbocycles. The smallest absolute Gasteiger partial charge is 0.193 e. The van der Waals surface area contributed by atoms with Gasteiger partial charge in [-0.3, -0.25) is 4.99 Å². The van der Waals surface area contributed by atoms with Gasteiger partial charge in [-0.05, 0) is 50.4 Å². The number of aliphatic hydroxyl groups is 1. The summed E-state index contributed by atoms with van der Waals surface area (Å²) in [6.07, 6.45) is 2.63. The number of hydrogen-bond donors (Lipinski definition) is 2. The lowest BCUT2D eigenvalue weighted by Crippen LogP contribution is -2.39. The van der Waals surface area contributed by atoms with Crippen molar-refractivity contribution in [2.75, 3.05) is 39.8 Å². The Morgan fingerprint density at radius 3 is 2.77 bits per heavy atom. The second-order valence-corrected chi connectivity index (χ2v) is 6.65. The molecule has 1 aliphatic rings. The predicted molar refractivity (Wildman–Crippen MR) is 116 cm³/mol. The number of aliphatic hydroxyl groups excluding tert-OH is 1. The van der Waals surface area contributed by atoms with E-state index in [4.69, 9.17) is 4.99 Å². The number of guanidine groups is 1. The summed E-state index contributed by atoms with van der Waals surface area (Å²) in [5, 5.41) is 12.8. The molecular formula is C19H32FIN4O. The van der Waals surface area contributed by atoms with E-state index in [9.17, 15) is 9.50 Å². The molecule has 0 unspecified atom stereocenters. The van der Waals surface area contributed by atoms with Crippen molar-refractivity contribution >= 4 is 29.9 Å². The van der Waals surface area contributed by atoms with Gasteiger partial charge >= 0.3 is 0 Å². The molecule has 2 rings (SSSR count). The van der Waals surface area contributed by atoms with Crippen LogP contribution < -0.4 is 5.32 Å². The predicted octanol–water partition coefficient (Wildman–Crippen LogP) is 2.69. The minimum Gasteiger partial charge on any atom is -0.393 e. The number of halogens is 2. The summed E-state index contributed by atoms with van der Waals surface area (Å²) in [4.78, 5) is 9.11. The topological polar surface area (TPSA) is 51.1 Å². The zero-order valence-electron chi connectivity index (χ0n) is 15.8. The summed E-state index contributed by atoms with van der Waals surface area (Å²) >= 11 is 0. The molecule has 0 aromatic heterocycles. The highest BCUT2D eigenvalue weighted by atomic mass is 127. The van der Waals surface area contributed by atoms with Crippen molar-refractivity contribution < 1.29 is 9.50 Å². The number of aliphatic imine (C=N–C) groups is 1. The van der Waals surface area contributed by atoms with Gasteiger partial charge in [-0.2, -0.15) is 0 Å². The average Bonchev–Trinajstić information content (AvgIpc) is 2.59. The van der Waals surface area contributed by atoms with Crippen LogP contribution in [0.3, 0.4) is 0 Å². The number of nitrogens with zero attached hydrogens (tertiary/aromatic N) is 3. The SMILES string of the molecule is CCNC(=NCCCN1CCC(O)CC1)N(C)Cc1cccc(F)c1.I. The van der Waals surface area contributed by atoms with Crippen molar-refractivity contribution in [3.05, 3.63) is 35.6 Å². The molecular weight excluding hydrogens is 446 g/mol. The molecule has 0 amide bonds. The number of piperidine rings is 1. The molecule has 0 radical (unpaired) electrons. The van der Waals surface area contributed by atoms with Gasteiger partial charge < -0.3 is 20.2 Å². The van der Waals surface area contributed by atoms with E-state index in [0.29, 0.717) is 6.54 Å². The molecule has 0 aliphatic carbocycles. The minimum absolute atomic E-state index is 0. The van der Waals surface area contributed by atoms with Gasteiger partial charge in [0, 0.05) is 39.8 Å². The average molecular weight is 478 g/mol. The summed E-state index contributed by atoms with van der Waals surface area (Å²) in [5.41, 5.74) is 0.931. The van der Waals surface area contributed by atoms with Crippen molar-refractivity contribution in [3.8, 4) is 0 Å². The second kappa shape index (κ2) is 12.5. The maximum absolute atomic E-state index is 13.3. The summed E-state index contributed by atoms with van der Waals surface area (Å²) in [6.45, 7) is 7.20. The molecule has 0 bridgehead atoms. The third-order valence-corrected chi connectivity index (χ3v) is 4.46. The fourth-order valence-electron chi connectivity index (χ4n) is 3.08. The molecule has 5 nitrogen and oxygen atoms in total. The van der Waals surface area contributed by atoms with Crippen LogP contribution in [0.15, 0.2) is 29.3 Å². The lowest BCUT2D eigenvalue weighted by molar-refractivity contribution is 0.0824. The van der Waals surface area contributed by atoms with Gasteiger partial charge in [0.15, 0.2) is 5.96 Å². The van der Waals surface area contributed by atoms with E-state index in [0.717, 1.165) is 63.5 Å². The van der Waals surface area contributed by atoms with Crippen LogP contribution in [-0.4, -0.2) is 66.7 Å². The highest BCUT2D eigenvalue weighted by Gasteiger charge is 2.16. The van der Waals surface area contributed by atoms with E-state index in [1.165, 1.54) is 6.07 Å². The molecule has 26 heavy (non-hydrogen) atoms. The fraction of sp³-hybridized carbons (Fsp3) is 0.632. The Kier molecular flexibility index (Phi) is 11.1. The largest absolute Gasteiger partial charge is 0.393 e. The standard InChI is InChI=1S/C19H31FN4O.HI/c1-3-21-19(23(2)15-16-6-4-7-17(20)14-16)22-10-5-11-24-12-8-18(25)9-13-24;/h4,6-7,14,18,25H,3,5,8-13,15H2,1-2H3,(H,21,22);1H. The summed E-state index contributed by atoms with van der Waals surface area (Å²) in [6, 6.07) is 6.68. The summed E-state index contributed by atoms with van der Waals surface area (Å²) in [5.74, 6) is 0.639. The molecule has 1 heterocycles. The lowest BCUT2D eigenvalue weighted by Gasteiger charge is -2.29. The van der Waals surface area contributed by atoms with Gasteiger partial charge in [0.2, 0.25) is 0 Å². The Hall–Kier alpha value is -0.930. The quantitative estimate of drug-likeness (QED) is 0.274. The molecule has 1 fully saturated rings. The number of hydrogen-bond acceptors (Lipinski definition) is 3. The zero-order valence-corrected chi connectivity index (χ0v) is 18.2. The van der Waals surface area contributed by atoms with Crippen LogP contribution in [0.25, 0.3) is 0 Å². The normalized spacial score (nSPS) is 16.2. The lowest BCUT2D eigenvalue weighted by atomic mass is 10.1. The Balaban J connectivity index is 0.00000338. The fourth-order valence-corrected chi connectivity index (χ4v) is 3.08. The van der Waals surface area contributed by atoms with Crippen molar-refractivity contribution in [2.24, 2.45) is 4.99 Å². The van der Waals surface area contributed by atoms with E-state index >= 15 is 0 Å². The molecule has 1 aliphatic heterocycles. The van der Waals surface area contributed by atoms with Crippen LogP contribution in [0.5, 0.6) is 0 Å². The van der Waals surface area contributed by atoms with Gasteiger partial charge in [0.05, 0.1) is 6.10 Å². The van der Waals surface area contributed by atoms with Crippen LogP contribution in [0, 0.1) is 5.82 Å². The first-order valence-electron chi connectivity index (χ1n) is 9.22.